The van der Waals surface area contributed by atoms with E-state index < -0.39 is 0 Å². The van der Waals surface area contributed by atoms with E-state index in [0.29, 0.717) is 32.1 Å². The van der Waals surface area contributed by atoms with Gasteiger partial charge in [0.05, 0.1) is 6.61 Å². The fourth-order valence-electron chi connectivity index (χ4n) is 1.68. The number of aryl methyl sites for hydroxylation is 1. The first-order chi connectivity index (χ1) is 8.63. The van der Waals surface area contributed by atoms with E-state index in [0.717, 1.165) is 0 Å². The second-order valence-corrected chi connectivity index (χ2v) is 4.56. The zero-order valence-electron chi connectivity index (χ0n) is 11.5. The third-order valence-corrected chi connectivity index (χ3v) is 2.93. The summed E-state index contributed by atoms with van der Waals surface area (Å²) in [4.78, 5) is 11.5. The molecule has 1 N–H and O–H groups in total. The standard InChI is InChI=1S/C15H23NO2/c1-4-18-10-9-15(17)16-11-13(3)14-7-5-12(2)6-8-14/h5-8,13H,4,9-11H2,1-3H3,(H,16,17)/t13-/m1/s1. The number of nitrogens with one attached hydrogen (secondary N) is 1. The minimum Gasteiger partial charge on any atom is -0.381 e. The lowest BCUT2D eigenvalue weighted by atomic mass is 10.00. The van der Waals surface area contributed by atoms with Crippen LogP contribution >= 0.6 is 0 Å². The van der Waals surface area contributed by atoms with Crippen LogP contribution in [0.2, 0.25) is 0 Å². The zero-order valence-corrected chi connectivity index (χ0v) is 11.5. The van der Waals surface area contributed by atoms with E-state index in [1.165, 1.54) is 11.1 Å². The Balaban J connectivity index is 2.30. The minimum atomic E-state index is 0.0578. The highest BCUT2D eigenvalue weighted by molar-refractivity contribution is 5.76. The summed E-state index contributed by atoms with van der Waals surface area (Å²) in [5, 5.41) is 2.94. The van der Waals surface area contributed by atoms with E-state index in [4.69, 9.17) is 4.74 Å². The largest absolute Gasteiger partial charge is 0.381 e. The highest BCUT2D eigenvalue weighted by atomic mass is 16.5. The molecule has 0 aliphatic heterocycles. The molecule has 1 aromatic carbocycles. The number of carbonyl (C=O) groups excluding carboxylic acids is 1. The molecule has 0 saturated carbocycles. The summed E-state index contributed by atoms with van der Waals surface area (Å²) in [6, 6.07) is 8.43. The molecule has 100 valence electrons. The van der Waals surface area contributed by atoms with Crippen molar-refractivity contribution in [2.45, 2.75) is 33.1 Å². The van der Waals surface area contributed by atoms with Gasteiger partial charge in [-0.15, -0.1) is 0 Å². The maximum atomic E-state index is 11.5. The molecule has 0 radical (unpaired) electrons. The summed E-state index contributed by atoms with van der Waals surface area (Å²) in [7, 11) is 0. The third kappa shape index (κ3) is 5.32. The molecule has 0 aromatic heterocycles. The Morgan fingerprint density at radius 1 is 1.33 bits per heavy atom. The van der Waals surface area contributed by atoms with Crippen LogP contribution in [0.1, 0.15) is 37.3 Å². The van der Waals surface area contributed by atoms with Crippen LogP contribution in [0.4, 0.5) is 0 Å². The normalized spacial score (nSPS) is 12.2. The van der Waals surface area contributed by atoms with Gasteiger partial charge in [0.1, 0.15) is 0 Å². The van der Waals surface area contributed by atoms with Crippen molar-refractivity contribution < 1.29 is 9.53 Å². The summed E-state index contributed by atoms with van der Waals surface area (Å²) in [5.74, 6) is 0.393. The average molecular weight is 249 g/mol. The molecule has 0 heterocycles. The van der Waals surface area contributed by atoms with Crippen molar-refractivity contribution in [3.8, 4) is 0 Å². The van der Waals surface area contributed by atoms with E-state index >= 15 is 0 Å². The van der Waals surface area contributed by atoms with Crippen molar-refractivity contribution >= 4 is 5.91 Å². The summed E-state index contributed by atoms with van der Waals surface area (Å²) in [6.07, 6.45) is 0.439. The Morgan fingerprint density at radius 2 is 2.00 bits per heavy atom. The van der Waals surface area contributed by atoms with Crippen molar-refractivity contribution in [2.24, 2.45) is 0 Å². The van der Waals surface area contributed by atoms with Gasteiger partial charge >= 0.3 is 0 Å². The maximum Gasteiger partial charge on any atom is 0.222 e. The van der Waals surface area contributed by atoms with Gasteiger partial charge in [-0.3, -0.25) is 4.79 Å². The quantitative estimate of drug-likeness (QED) is 0.754. The Kier molecular flexibility index (Phi) is 6.44. The molecule has 0 aliphatic rings. The SMILES string of the molecule is CCOCCC(=O)NC[C@@H](C)c1ccc(C)cc1. The predicted molar refractivity (Wildman–Crippen MR) is 73.7 cm³/mol. The van der Waals surface area contributed by atoms with Crippen molar-refractivity contribution in [2.75, 3.05) is 19.8 Å². The maximum absolute atomic E-state index is 11.5. The highest BCUT2D eigenvalue weighted by Crippen LogP contribution is 2.14. The molecule has 0 saturated heterocycles. The van der Waals surface area contributed by atoms with Gasteiger partial charge in [-0.1, -0.05) is 36.8 Å². The second-order valence-electron chi connectivity index (χ2n) is 4.56. The molecule has 0 bridgehead atoms. The number of carbonyl (C=O) groups is 1. The summed E-state index contributed by atoms with van der Waals surface area (Å²) in [5.41, 5.74) is 2.51. The van der Waals surface area contributed by atoms with Crippen molar-refractivity contribution in [1.29, 1.82) is 0 Å². The van der Waals surface area contributed by atoms with Crippen LogP contribution < -0.4 is 5.32 Å². The smallest absolute Gasteiger partial charge is 0.222 e. The minimum absolute atomic E-state index is 0.0578. The molecule has 0 spiro atoms. The third-order valence-electron chi connectivity index (χ3n) is 2.93. The molecule has 1 atom stereocenters. The molecule has 0 unspecified atom stereocenters. The molecule has 1 aromatic rings. The van der Waals surface area contributed by atoms with Crippen LogP contribution in [0.5, 0.6) is 0 Å². The van der Waals surface area contributed by atoms with Gasteiger partial charge in [-0.25, -0.2) is 0 Å². The van der Waals surface area contributed by atoms with Crippen molar-refractivity contribution in [3.05, 3.63) is 35.4 Å². The van der Waals surface area contributed by atoms with E-state index in [1.54, 1.807) is 0 Å². The van der Waals surface area contributed by atoms with E-state index in [1.807, 2.05) is 6.92 Å². The van der Waals surface area contributed by atoms with Gasteiger partial charge < -0.3 is 10.1 Å². The molecule has 18 heavy (non-hydrogen) atoms. The molecule has 3 nitrogen and oxygen atoms in total. The van der Waals surface area contributed by atoms with Gasteiger partial charge in [0.2, 0.25) is 5.91 Å². The van der Waals surface area contributed by atoms with Crippen LogP contribution in [0.25, 0.3) is 0 Å². The van der Waals surface area contributed by atoms with Crippen LogP contribution in [0, 0.1) is 6.92 Å². The molecule has 1 rings (SSSR count). The molecule has 0 fully saturated rings. The van der Waals surface area contributed by atoms with Crippen LogP contribution in [-0.4, -0.2) is 25.7 Å². The van der Waals surface area contributed by atoms with Crippen LogP contribution in [-0.2, 0) is 9.53 Å². The van der Waals surface area contributed by atoms with Crippen molar-refractivity contribution in [1.82, 2.24) is 5.32 Å². The number of hydrogen-bond acceptors (Lipinski definition) is 2. The summed E-state index contributed by atoms with van der Waals surface area (Å²) < 4.78 is 5.15. The topological polar surface area (TPSA) is 38.3 Å². The lowest BCUT2D eigenvalue weighted by molar-refractivity contribution is -0.122. The molecule has 3 heteroatoms. The Hall–Kier alpha value is -1.35. The van der Waals surface area contributed by atoms with Crippen LogP contribution in [0.15, 0.2) is 24.3 Å². The molecular formula is C15H23NO2. The first-order valence-corrected chi connectivity index (χ1v) is 6.54. The number of hydrogen-bond donors (Lipinski definition) is 1. The lowest BCUT2D eigenvalue weighted by Gasteiger charge is -2.13. The van der Waals surface area contributed by atoms with Gasteiger partial charge in [-0.2, -0.15) is 0 Å². The molecule has 0 aliphatic carbocycles. The summed E-state index contributed by atoms with van der Waals surface area (Å²) in [6.45, 7) is 7.96. The number of amides is 1. The fourth-order valence-corrected chi connectivity index (χ4v) is 1.68. The summed E-state index contributed by atoms with van der Waals surface area (Å²) >= 11 is 0. The van der Waals surface area contributed by atoms with Gasteiger partial charge in [-0.05, 0) is 25.3 Å². The Labute approximate surface area is 110 Å². The van der Waals surface area contributed by atoms with Crippen LogP contribution in [0.3, 0.4) is 0 Å². The number of rotatable bonds is 7. The number of benzene rings is 1. The second kappa shape index (κ2) is 7.88. The molecular weight excluding hydrogens is 226 g/mol. The fraction of sp³-hybridized carbons (Fsp3) is 0.533. The van der Waals surface area contributed by atoms with Gasteiger partial charge in [0.25, 0.3) is 0 Å². The lowest BCUT2D eigenvalue weighted by Crippen LogP contribution is -2.28. The first kappa shape index (κ1) is 14.7. The average Bonchev–Trinajstić information content (AvgIpc) is 2.37. The first-order valence-electron chi connectivity index (χ1n) is 6.54. The molecule has 1 amide bonds. The van der Waals surface area contributed by atoms with Gasteiger partial charge in [0, 0.05) is 19.6 Å². The zero-order chi connectivity index (χ0) is 13.4. The predicted octanol–water partition coefficient (Wildman–Crippen LogP) is 2.64. The highest BCUT2D eigenvalue weighted by Gasteiger charge is 2.07. The van der Waals surface area contributed by atoms with Crippen molar-refractivity contribution in [3.63, 3.8) is 0 Å². The van der Waals surface area contributed by atoms with E-state index in [9.17, 15) is 4.79 Å². The number of ether oxygens (including phenoxy) is 1. The van der Waals surface area contributed by atoms with E-state index in [-0.39, 0.29) is 5.91 Å². The Bertz CT molecular complexity index is 359. The van der Waals surface area contributed by atoms with E-state index in [2.05, 4.69) is 43.4 Å². The Morgan fingerprint density at radius 3 is 2.61 bits per heavy atom. The van der Waals surface area contributed by atoms with Gasteiger partial charge in [0.15, 0.2) is 0 Å². The monoisotopic (exact) mass is 249 g/mol.